The molecule has 0 radical (unpaired) electrons. The molecule has 0 saturated heterocycles. The molecule has 1 rings (SSSR count). The average Bonchev–Trinajstić information content (AvgIpc) is 2.56. The lowest BCUT2D eigenvalue weighted by molar-refractivity contribution is -0.145. The molecule has 0 bridgehead atoms. The Morgan fingerprint density at radius 3 is 2.86 bits per heavy atom. The van der Waals surface area contributed by atoms with E-state index in [1.165, 1.54) is 11.8 Å². The van der Waals surface area contributed by atoms with Crippen molar-refractivity contribution in [1.29, 1.82) is 0 Å². The Hall–Kier alpha value is -0.950. The first-order valence-corrected chi connectivity index (χ1v) is 5.08. The van der Waals surface area contributed by atoms with E-state index in [1.54, 1.807) is 20.8 Å². The molecule has 0 aromatic carbocycles. The number of rotatable bonds is 3. The van der Waals surface area contributed by atoms with Crippen LogP contribution in [0.1, 0.15) is 20.8 Å². The van der Waals surface area contributed by atoms with Crippen molar-refractivity contribution in [2.24, 2.45) is 5.10 Å². The van der Waals surface area contributed by atoms with Crippen LogP contribution >= 0.6 is 11.8 Å². The first-order chi connectivity index (χ1) is 6.56. The number of hydrazine groups is 2. The normalized spacial score (nSPS) is 15.5. The maximum Gasteiger partial charge on any atom is 0.322 e. The van der Waals surface area contributed by atoms with E-state index < -0.39 is 4.75 Å². The number of hydrazone groups is 1. The second kappa shape index (κ2) is 4.52. The van der Waals surface area contributed by atoms with Crippen LogP contribution in [0.5, 0.6) is 0 Å². The molecule has 1 heterocycles. The first kappa shape index (κ1) is 11.1. The number of ether oxygens (including phenoxy) is 1. The van der Waals surface area contributed by atoms with Crippen molar-refractivity contribution < 1.29 is 9.53 Å². The van der Waals surface area contributed by atoms with Crippen LogP contribution in [0.2, 0.25) is 0 Å². The van der Waals surface area contributed by atoms with Gasteiger partial charge in [-0.2, -0.15) is 0 Å². The van der Waals surface area contributed by atoms with Gasteiger partial charge < -0.3 is 4.74 Å². The van der Waals surface area contributed by atoms with E-state index in [9.17, 15) is 4.79 Å². The van der Waals surface area contributed by atoms with Crippen LogP contribution in [0.15, 0.2) is 5.10 Å². The lowest BCUT2D eigenvalue weighted by atomic mass is 10.2. The van der Waals surface area contributed by atoms with Gasteiger partial charge in [0.05, 0.1) is 6.61 Å². The van der Waals surface area contributed by atoms with Gasteiger partial charge in [0.15, 0.2) is 5.17 Å². The van der Waals surface area contributed by atoms with E-state index in [0.29, 0.717) is 11.8 Å². The molecule has 0 aromatic heterocycles. The van der Waals surface area contributed by atoms with Crippen LogP contribution in [0.3, 0.4) is 0 Å². The van der Waals surface area contributed by atoms with Crippen molar-refractivity contribution in [1.82, 2.24) is 16.5 Å². The molecule has 0 spiro atoms. The lowest BCUT2D eigenvalue weighted by Crippen LogP contribution is -2.38. The summed E-state index contributed by atoms with van der Waals surface area (Å²) in [5, 5.41) is 4.48. The van der Waals surface area contributed by atoms with Gasteiger partial charge in [-0.25, -0.2) is 5.53 Å². The van der Waals surface area contributed by atoms with Crippen LogP contribution in [0.4, 0.5) is 0 Å². The highest BCUT2D eigenvalue weighted by Gasteiger charge is 2.32. The Morgan fingerprint density at radius 2 is 2.36 bits per heavy atom. The van der Waals surface area contributed by atoms with E-state index in [0.717, 1.165) is 0 Å². The molecule has 14 heavy (non-hydrogen) atoms. The van der Waals surface area contributed by atoms with Gasteiger partial charge in [-0.3, -0.25) is 10.2 Å². The Labute approximate surface area is 86.8 Å². The fourth-order valence-corrected chi connectivity index (χ4v) is 1.64. The molecule has 0 aromatic rings. The largest absolute Gasteiger partial charge is 0.465 e. The van der Waals surface area contributed by atoms with Gasteiger partial charge in [0.1, 0.15) is 4.75 Å². The fraction of sp³-hybridized carbons (Fsp3) is 0.714. The molecule has 0 amide bonds. The zero-order valence-corrected chi connectivity index (χ0v) is 9.20. The Morgan fingerprint density at radius 1 is 1.64 bits per heavy atom. The van der Waals surface area contributed by atoms with E-state index in [1.807, 2.05) is 0 Å². The molecule has 0 atom stereocenters. The summed E-state index contributed by atoms with van der Waals surface area (Å²) in [6.07, 6.45) is 0. The summed E-state index contributed by atoms with van der Waals surface area (Å²) < 4.78 is 4.29. The predicted octanol–water partition coefficient (Wildman–Crippen LogP) is -0.0553. The molecular formula is C7H14N4O2S. The number of nitrogens with zero attached hydrogens (tertiary/aromatic N) is 1. The van der Waals surface area contributed by atoms with Gasteiger partial charge in [0.25, 0.3) is 0 Å². The average molecular weight is 218 g/mol. The molecule has 80 valence electrons. The van der Waals surface area contributed by atoms with Gasteiger partial charge in [0, 0.05) is 0 Å². The van der Waals surface area contributed by atoms with E-state index >= 15 is 0 Å². The summed E-state index contributed by atoms with van der Waals surface area (Å²) in [5.74, 6) is -0.249. The van der Waals surface area contributed by atoms with Crippen LogP contribution in [-0.2, 0) is 9.53 Å². The molecule has 0 aliphatic carbocycles. The minimum atomic E-state index is -0.643. The maximum atomic E-state index is 11.5. The van der Waals surface area contributed by atoms with Crippen LogP contribution in [0.25, 0.3) is 0 Å². The Bertz CT molecular complexity index is 254. The fourth-order valence-electron chi connectivity index (χ4n) is 0.825. The summed E-state index contributed by atoms with van der Waals surface area (Å²) in [4.78, 5) is 11.5. The second-order valence-electron chi connectivity index (χ2n) is 3.11. The lowest BCUT2D eigenvalue weighted by Gasteiger charge is -2.20. The number of hydrogen-bond acceptors (Lipinski definition) is 7. The van der Waals surface area contributed by atoms with Crippen molar-refractivity contribution >= 4 is 22.9 Å². The molecule has 0 saturated carbocycles. The van der Waals surface area contributed by atoms with E-state index in [-0.39, 0.29) is 5.97 Å². The maximum absolute atomic E-state index is 11.5. The number of nitrogens with one attached hydrogen (secondary N) is 3. The first-order valence-electron chi connectivity index (χ1n) is 4.26. The Kier molecular flexibility index (Phi) is 3.59. The van der Waals surface area contributed by atoms with Crippen molar-refractivity contribution in [3.8, 4) is 0 Å². The molecule has 6 nitrogen and oxygen atoms in total. The molecule has 3 N–H and O–H groups in total. The molecule has 1 aliphatic heterocycles. The van der Waals surface area contributed by atoms with Gasteiger partial charge in [-0.1, -0.05) is 11.8 Å². The topological polar surface area (TPSA) is 74.8 Å². The van der Waals surface area contributed by atoms with Gasteiger partial charge >= 0.3 is 5.97 Å². The number of hydrogen-bond donors (Lipinski definition) is 3. The highest BCUT2D eigenvalue weighted by Crippen LogP contribution is 2.26. The zero-order chi connectivity index (χ0) is 10.6. The summed E-state index contributed by atoms with van der Waals surface area (Å²) in [5.41, 5.74) is 7.86. The highest BCUT2D eigenvalue weighted by atomic mass is 32.2. The SMILES string of the molecule is CCOC(=O)C(C)(C)SC1=NNNN1. The number of thioether (sulfide) groups is 1. The minimum absolute atomic E-state index is 0.249. The third-order valence-corrected chi connectivity index (χ3v) is 2.57. The third kappa shape index (κ3) is 2.78. The third-order valence-electron chi connectivity index (χ3n) is 1.50. The van der Waals surface area contributed by atoms with Crippen LogP contribution in [-0.4, -0.2) is 22.5 Å². The predicted molar refractivity (Wildman–Crippen MR) is 55.1 cm³/mol. The second-order valence-corrected chi connectivity index (χ2v) is 4.72. The Balaban J connectivity index is 2.51. The summed E-state index contributed by atoms with van der Waals surface area (Å²) in [6.45, 7) is 5.75. The molecule has 0 fully saturated rings. The minimum Gasteiger partial charge on any atom is -0.465 e. The van der Waals surface area contributed by atoms with Crippen LogP contribution in [0, 0.1) is 0 Å². The number of carbonyl (C=O) groups excluding carboxylic acids is 1. The van der Waals surface area contributed by atoms with Crippen molar-refractivity contribution in [2.45, 2.75) is 25.5 Å². The zero-order valence-electron chi connectivity index (χ0n) is 8.38. The summed E-state index contributed by atoms with van der Waals surface area (Å²) in [6, 6.07) is 0. The number of amidine groups is 1. The van der Waals surface area contributed by atoms with Gasteiger partial charge in [-0.05, 0) is 20.8 Å². The number of esters is 1. The monoisotopic (exact) mass is 218 g/mol. The summed E-state index contributed by atoms with van der Waals surface area (Å²) >= 11 is 1.30. The highest BCUT2D eigenvalue weighted by molar-refractivity contribution is 8.15. The molecular weight excluding hydrogens is 204 g/mol. The molecule has 7 heteroatoms. The van der Waals surface area contributed by atoms with Crippen molar-refractivity contribution in [3.63, 3.8) is 0 Å². The van der Waals surface area contributed by atoms with Gasteiger partial charge in [0.2, 0.25) is 0 Å². The molecule has 1 aliphatic rings. The standard InChI is InChI=1S/C7H14N4O2S/c1-4-13-5(12)7(2,3)14-6-8-10-11-9-6/h10-11H,4H2,1-3H3,(H,8,9). The summed E-state index contributed by atoms with van der Waals surface area (Å²) in [7, 11) is 0. The number of carbonyl (C=O) groups is 1. The van der Waals surface area contributed by atoms with Crippen molar-refractivity contribution in [2.75, 3.05) is 6.61 Å². The van der Waals surface area contributed by atoms with E-state index in [4.69, 9.17) is 4.74 Å². The smallest absolute Gasteiger partial charge is 0.322 e. The molecule has 0 unspecified atom stereocenters. The van der Waals surface area contributed by atoms with E-state index in [2.05, 4.69) is 21.6 Å². The quantitative estimate of drug-likeness (QED) is 0.576. The van der Waals surface area contributed by atoms with Crippen LogP contribution < -0.4 is 16.5 Å². The van der Waals surface area contributed by atoms with Gasteiger partial charge in [-0.15, -0.1) is 10.6 Å². The van der Waals surface area contributed by atoms with Crippen molar-refractivity contribution in [3.05, 3.63) is 0 Å².